The van der Waals surface area contributed by atoms with Gasteiger partial charge in [0.2, 0.25) is 0 Å². The fraction of sp³-hybridized carbons (Fsp3) is 0.444. The molecule has 3 aromatic rings. The number of nitrogens with zero attached hydrogens (tertiary/aromatic N) is 3. The van der Waals surface area contributed by atoms with Crippen LogP contribution in [0.1, 0.15) is 49.0 Å². The van der Waals surface area contributed by atoms with Crippen LogP contribution < -0.4 is 0 Å². The van der Waals surface area contributed by atoms with Crippen LogP contribution in [0.4, 0.5) is 0 Å². The van der Waals surface area contributed by atoms with Gasteiger partial charge >= 0.3 is 5.97 Å². The van der Waals surface area contributed by atoms with E-state index in [0.29, 0.717) is 11.6 Å². The number of aromatic carboxylic acids is 1. The molecule has 0 aliphatic heterocycles. The summed E-state index contributed by atoms with van der Waals surface area (Å²) in [6, 6.07) is 5.88. The standard InChI is InChI=1S/C18H21N3O2/c1-11-3-6-13(7-4-11)21-15-8-5-12(18(22)23)9-14(15)17-16(21)10-20(2)19-17/h5,8-11,13H,3-4,6-7H2,1-2H3,(H,22,23). The third kappa shape index (κ3) is 2.22. The Morgan fingerprint density at radius 2 is 1.96 bits per heavy atom. The molecule has 1 N–H and O–H groups in total. The molecule has 0 bridgehead atoms. The average Bonchev–Trinajstić information content (AvgIpc) is 3.03. The van der Waals surface area contributed by atoms with Crippen LogP contribution in [-0.4, -0.2) is 25.4 Å². The van der Waals surface area contributed by atoms with E-state index >= 15 is 0 Å². The Labute approximate surface area is 134 Å². The first kappa shape index (κ1) is 14.3. The minimum absolute atomic E-state index is 0.319. The first-order valence-electron chi connectivity index (χ1n) is 8.25. The lowest BCUT2D eigenvalue weighted by Crippen LogP contribution is -2.16. The summed E-state index contributed by atoms with van der Waals surface area (Å²) in [4.78, 5) is 11.3. The Hall–Kier alpha value is -2.30. The summed E-state index contributed by atoms with van der Waals surface area (Å²) in [5.74, 6) is -0.0914. The van der Waals surface area contributed by atoms with Crippen molar-refractivity contribution >= 4 is 27.9 Å². The van der Waals surface area contributed by atoms with E-state index in [1.54, 1.807) is 12.1 Å². The Morgan fingerprint density at radius 3 is 2.65 bits per heavy atom. The van der Waals surface area contributed by atoms with E-state index in [-0.39, 0.29) is 0 Å². The van der Waals surface area contributed by atoms with Gasteiger partial charge in [-0.25, -0.2) is 4.79 Å². The van der Waals surface area contributed by atoms with Gasteiger partial charge in [-0.05, 0) is 49.8 Å². The zero-order chi connectivity index (χ0) is 16.1. The van der Waals surface area contributed by atoms with Crippen molar-refractivity contribution in [2.45, 2.75) is 38.6 Å². The molecule has 0 atom stereocenters. The monoisotopic (exact) mass is 311 g/mol. The normalized spacial score (nSPS) is 22.0. The largest absolute Gasteiger partial charge is 0.478 e. The summed E-state index contributed by atoms with van der Waals surface area (Å²) in [5.41, 5.74) is 3.45. The van der Waals surface area contributed by atoms with Gasteiger partial charge in [-0.2, -0.15) is 5.10 Å². The molecule has 1 saturated carbocycles. The van der Waals surface area contributed by atoms with Gasteiger partial charge in [-0.1, -0.05) is 6.92 Å². The van der Waals surface area contributed by atoms with Gasteiger partial charge in [-0.15, -0.1) is 0 Å². The first-order valence-corrected chi connectivity index (χ1v) is 8.25. The predicted octanol–water partition coefficient (Wildman–Crippen LogP) is 3.98. The van der Waals surface area contributed by atoms with Crippen molar-refractivity contribution in [1.29, 1.82) is 0 Å². The maximum atomic E-state index is 11.3. The summed E-state index contributed by atoms with van der Waals surface area (Å²) in [5, 5.41) is 14.8. The topological polar surface area (TPSA) is 60.1 Å². The van der Waals surface area contributed by atoms with Gasteiger partial charge in [0.05, 0.1) is 16.6 Å². The van der Waals surface area contributed by atoms with Crippen molar-refractivity contribution in [3.8, 4) is 0 Å². The smallest absolute Gasteiger partial charge is 0.335 e. The molecule has 23 heavy (non-hydrogen) atoms. The molecule has 2 heterocycles. The third-order valence-electron chi connectivity index (χ3n) is 5.18. The molecule has 120 valence electrons. The molecule has 0 spiro atoms. The van der Waals surface area contributed by atoms with Gasteiger partial charge < -0.3 is 9.67 Å². The fourth-order valence-corrected chi connectivity index (χ4v) is 3.94. The molecule has 1 aromatic carbocycles. The number of carboxylic acid groups (broad SMARTS) is 1. The van der Waals surface area contributed by atoms with E-state index in [1.807, 2.05) is 24.0 Å². The van der Waals surface area contributed by atoms with Crippen molar-refractivity contribution in [3.63, 3.8) is 0 Å². The number of hydrogen-bond acceptors (Lipinski definition) is 2. The van der Waals surface area contributed by atoms with Crippen LogP contribution in [-0.2, 0) is 7.05 Å². The van der Waals surface area contributed by atoms with Crippen molar-refractivity contribution in [3.05, 3.63) is 30.0 Å². The Bertz CT molecular complexity index is 898. The molecule has 5 heteroatoms. The third-order valence-corrected chi connectivity index (χ3v) is 5.18. The van der Waals surface area contributed by atoms with Crippen LogP contribution >= 0.6 is 0 Å². The van der Waals surface area contributed by atoms with Crippen LogP contribution in [0, 0.1) is 5.92 Å². The Morgan fingerprint density at radius 1 is 1.22 bits per heavy atom. The molecule has 4 rings (SSSR count). The van der Waals surface area contributed by atoms with Crippen molar-refractivity contribution in [2.24, 2.45) is 13.0 Å². The lowest BCUT2D eigenvalue weighted by atomic mass is 9.87. The second-order valence-electron chi connectivity index (χ2n) is 6.86. The van der Waals surface area contributed by atoms with Crippen molar-refractivity contribution in [1.82, 2.24) is 14.3 Å². The minimum atomic E-state index is -0.893. The van der Waals surface area contributed by atoms with Crippen LogP contribution in [0.5, 0.6) is 0 Å². The highest BCUT2D eigenvalue weighted by atomic mass is 16.4. The number of benzene rings is 1. The van der Waals surface area contributed by atoms with Crippen molar-refractivity contribution in [2.75, 3.05) is 0 Å². The highest BCUT2D eigenvalue weighted by molar-refractivity contribution is 6.08. The number of aromatic nitrogens is 3. The van der Waals surface area contributed by atoms with E-state index in [4.69, 9.17) is 0 Å². The van der Waals surface area contributed by atoms with E-state index in [9.17, 15) is 9.90 Å². The van der Waals surface area contributed by atoms with Crippen LogP contribution in [0.15, 0.2) is 24.4 Å². The predicted molar refractivity (Wildman–Crippen MR) is 89.8 cm³/mol. The molecule has 0 saturated heterocycles. The SMILES string of the molecule is CC1CCC(n2c3ccc(C(=O)O)cc3c3nn(C)cc32)CC1. The van der Waals surface area contributed by atoms with E-state index in [2.05, 4.69) is 16.6 Å². The van der Waals surface area contributed by atoms with Gasteiger partial charge in [0.1, 0.15) is 5.52 Å². The van der Waals surface area contributed by atoms with Crippen LogP contribution in [0.2, 0.25) is 0 Å². The molecule has 2 aromatic heterocycles. The Balaban J connectivity index is 1.95. The maximum absolute atomic E-state index is 11.3. The summed E-state index contributed by atoms with van der Waals surface area (Å²) in [6.07, 6.45) is 6.90. The highest BCUT2D eigenvalue weighted by Crippen LogP contribution is 2.38. The molecular weight excluding hydrogens is 290 g/mol. The highest BCUT2D eigenvalue weighted by Gasteiger charge is 2.25. The van der Waals surface area contributed by atoms with Gasteiger partial charge in [0, 0.05) is 24.7 Å². The molecule has 5 nitrogen and oxygen atoms in total. The number of fused-ring (bicyclic) bond motifs is 3. The fourth-order valence-electron chi connectivity index (χ4n) is 3.94. The summed E-state index contributed by atoms with van der Waals surface area (Å²) >= 11 is 0. The average molecular weight is 311 g/mol. The van der Waals surface area contributed by atoms with E-state index in [0.717, 1.165) is 27.9 Å². The first-order chi connectivity index (χ1) is 11.0. The molecular formula is C18H21N3O2. The summed E-state index contributed by atoms with van der Waals surface area (Å²) < 4.78 is 4.20. The van der Waals surface area contributed by atoms with Crippen LogP contribution in [0.3, 0.4) is 0 Å². The molecule has 0 amide bonds. The Kier molecular flexibility index (Phi) is 3.18. The minimum Gasteiger partial charge on any atom is -0.478 e. The zero-order valence-corrected chi connectivity index (χ0v) is 13.5. The zero-order valence-electron chi connectivity index (χ0n) is 13.5. The number of carboxylic acids is 1. The molecule has 1 fully saturated rings. The van der Waals surface area contributed by atoms with Crippen LogP contribution in [0.25, 0.3) is 21.9 Å². The number of carbonyl (C=O) groups is 1. The van der Waals surface area contributed by atoms with Gasteiger partial charge in [0.25, 0.3) is 0 Å². The second-order valence-corrected chi connectivity index (χ2v) is 6.86. The number of hydrogen-bond donors (Lipinski definition) is 1. The lowest BCUT2D eigenvalue weighted by Gasteiger charge is -2.28. The number of aryl methyl sites for hydroxylation is 1. The molecule has 0 radical (unpaired) electrons. The number of rotatable bonds is 2. The molecule has 1 aliphatic rings. The molecule has 0 unspecified atom stereocenters. The van der Waals surface area contributed by atoms with E-state index < -0.39 is 5.97 Å². The molecule has 1 aliphatic carbocycles. The van der Waals surface area contributed by atoms with Gasteiger partial charge in [-0.3, -0.25) is 4.68 Å². The summed E-state index contributed by atoms with van der Waals surface area (Å²) in [7, 11) is 1.92. The maximum Gasteiger partial charge on any atom is 0.335 e. The quantitative estimate of drug-likeness (QED) is 0.779. The van der Waals surface area contributed by atoms with Gasteiger partial charge in [0.15, 0.2) is 0 Å². The summed E-state index contributed by atoms with van der Waals surface area (Å²) in [6.45, 7) is 2.32. The van der Waals surface area contributed by atoms with Crippen molar-refractivity contribution < 1.29 is 9.90 Å². The lowest BCUT2D eigenvalue weighted by molar-refractivity contribution is 0.0697. The second kappa shape index (κ2) is 5.11. The van der Waals surface area contributed by atoms with E-state index in [1.165, 1.54) is 25.7 Å².